The van der Waals surface area contributed by atoms with Gasteiger partial charge in [0.25, 0.3) is 0 Å². The summed E-state index contributed by atoms with van der Waals surface area (Å²) >= 11 is 0. The molecule has 0 amide bonds. The Morgan fingerprint density at radius 2 is 2.06 bits per heavy atom. The highest BCUT2D eigenvalue weighted by Crippen LogP contribution is 2.41. The van der Waals surface area contributed by atoms with Crippen molar-refractivity contribution in [1.82, 2.24) is 10.4 Å². The van der Waals surface area contributed by atoms with Gasteiger partial charge in [0, 0.05) is 11.6 Å². The molecule has 0 bridgehead atoms. The summed E-state index contributed by atoms with van der Waals surface area (Å²) in [6.07, 6.45) is 4.37. The van der Waals surface area contributed by atoms with Crippen LogP contribution in [0.15, 0.2) is 36.5 Å². The quantitative estimate of drug-likeness (QED) is 0.606. The molecule has 3 N–H and O–H groups in total. The van der Waals surface area contributed by atoms with Crippen molar-refractivity contribution in [2.45, 2.75) is 18.9 Å². The van der Waals surface area contributed by atoms with E-state index in [2.05, 4.69) is 22.5 Å². The molecule has 0 saturated heterocycles. The van der Waals surface area contributed by atoms with Crippen LogP contribution in [0, 0.1) is 5.92 Å². The highest BCUT2D eigenvalue weighted by Gasteiger charge is 2.33. The van der Waals surface area contributed by atoms with E-state index in [1.807, 2.05) is 24.4 Å². The minimum absolute atomic E-state index is 0.200. The van der Waals surface area contributed by atoms with Crippen LogP contribution in [0.2, 0.25) is 0 Å². The molecule has 1 aliphatic rings. The van der Waals surface area contributed by atoms with Crippen LogP contribution in [-0.4, -0.2) is 4.98 Å². The van der Waals surface area contributed by atoms with Crippen molar-refractivity contribution < 1.29 is 0 Å². The first-order valence-corrected chi connectivity index (χ1v) is 5.70. The molecular formula is C13H15N3. The second-order valence-corrected chi connectivity index (χ2v) is 4.40. The van der Waals surface area contributed by atoms with Gasteiger partial charge < -0.3 is 0 Å². The molecule has 1 aliphatic carbocycles. The van der Waals surface area contributed by atoms with Crippen LogP contribution in [0.4, 0.5) is 0 Å². The molecule has 1 aromatic heterocycles. The largest absolute Gasteiger partial charge is 0.271 e. The third-order valence-electron chi connectivity index (χ3n) is 3.27. The van der Waals surface area contributed by atoms with E-state index in [9.17, 15) is 0 Å². The Bertz CT molecular complexity index is 500. The third kappa shape index (κ3) is 1.58. The van der Waals surface area contributed by atoms with Gasteiger partial charge in [-0.05, 0) is 30.2 Å². The van der Waals surface area contributed by atoms with Gasteiger partial charge in [-0.1, -0.05) is 24.3 Å². The van der Waals surface area contributed by atoms with Crippen LogP contribution in [0.3, 0.4) is 0 Å². The molecule has 82 valence electrons. The first-order chi connectivity index (χ1) is 7.90. The summed E-state index contributed by atoms with van der Waals surface area (Å²) in [5.41, 5.74) is 4.00. The maximum atomic E-state index is 5.65. The molecule has 16 heavy (non-hydrogen) atoms. The number of nitrogens with one attached hydrogen (secondary N) is 1. The number of fused-ring (bicyclic) bond motifs is 1. The van der Waals surface area contributed by atoms with Crippen molar-refractivity contribution in [2.75, 3.05) is 0 Å². The Hall–Kier alpha value is -1.45. The summed E-state index contributed by atoms with van der Waals surface area (Å²) in [7, 11) is 0. The van der Waals surface area contributed by atoms with E-state index < -0.39 is 0 Å². The lowest BCUT2D eigenvalue weighted by Crippen LogP contribution is -2.30. The second-order valence-electron chi connectivity index (χ2n) is 4.40. The average Bonchev–Trinajstić information content (AvgIpc) is 3.15. The van der Waals surface area contributed by atoms with Gasteiger partial charge in [0.2, 0.25) is 0 Å². The first kappa shape index (κ1) is 9.75. The summed E-state index contributed by atoms with van der Waals surface area (Å²) in [6, 6.07) is 10.6. The van der Waals surface area contributed by atoms with Gasteiger partial charge in [0.1, 0.15) is 0 Å². The van der Waals surface area contributed by atoms with Crippen molar-refractivity contribution in [1.29, 1.82) is 0 Å². The topological polar surface area (TPSA) is 50.9 Å². The molecule has 1 aromatic carbocycles. The van der Waals surface area contributed by atoms with E-state index in [4.69, 9.17) is 5.84 Å². The monoisotopic (exact) mass is 213 g/mol. The fourth-order valence-electron chi connectivity index (χ4n) is 2.26. The zero-order chi connectivity index (χ0) is 11.0. The number of hydrogen-bond acceptors (Lipinski definition) is 3. The van der Waals surface area contributed by atoms with Gasteiger partial charge in [-0.15, -0.1) is 0 Å². The van der Waals surface area contributed by atoms with Crippen LogP contribution in [0.5, 0.6) is 0 Å². The molecule has 2 aromatic rings. The molecule has 0 spiro atoms. The summed E-state index contributed by atoms with van der Waals surface area (Å²) in [6.45, 7) is 0. The number of nitrogens with two attached hydrogens (primary N) is 1. The summed E-state index contributed by atoms with van der Waals surface area (Å²) in [5, 5.41) is 2.44. The molecule has 3 nitrogen and oxygen atoms in total. The molecule has 1 saturated carbocycles. The molecule has 1 heterocycles. The van der Waals surface area contributed by atoms with E-state index in [0.717, 1.165) is 5.69 Å². The first-order valence-electron chi connectivity index (χ1n) is 5.70. The maximum Gasteiger partial charge on any atom is 0.0667 e. The van der Waals surface area contributed by atoms with E-state index in [1.54, 1.807) is 0 Å². The van der Waals surface area contributed by atoms with Gasteiger partial charge >= 0.3 is 0 Å². The zero-order valence-corrected chi connectivity index (χ0v) is 9.06. The number of pyridine rings is 1. The fourth-order valence-corrected chi connectivity index (χ4v) is 2.26. The minimum atomic E-state index is 0.200. The predicted octanol–water partition coefficient (Wildman–Crippen LogP) is 2.15. The van der Waals surface area contributed by atoms with Crippen molar-refractivity contribution in [3.63, 3.8) is 0 Å². The summed E-state index contributed by atoms with van der Waals surface area (Å²) < 4.78 is 0. The van der Waals surface area contributed by atoms with Crippen LogP contribution >= 0.6 is 0 Å². The SMILES string of the molecule is NNC(c1nccc2ccccc12)C1CC1. The second kappa shape index (κ2) is 3.85. The molecule has 0 aliphatic heterocycles. The van der Waals surface area contributed by atoms with Crippen molar-refractivity contribution in [2.24, 2.45) is 11.8 Å². The number of rotatable bonds is 3. The van der Waals surface area contributed by atoms with Gasteiger partial charge in [0.05, 0.1) is 11.7 Å². The Labute approximate surface area is 94.6 Å². The average molecular weight is 213 g/mol. The number of aromatic nitrogens is 1. The molecule has 1 atom stereocenters. The van der Waals surface area contributed by atoms with Crippen LogP contribution in [0.25, 0.3) is 10.8 Å². The standard InChI is InChI=1S/C13H15N3/c14-16-12(10-5-6-10)13-11-4-2-1-3-9(11)7-8-15-13/h1-4,7-8,10,12,16H,5-6,14H2. The molecule has 0 radical (unpaired) electrons. The van der Waals surface area contributed by atoms with Gasteiger partial charge in [0.15, 0.2) is 0 Å². The van der Waals surface area contributed by atoms with Crippen molar-refractivity contribution in [3.05, 3.63) is 42.2 Å². The highest BCUT2D eigenvalue weighted by atomic mass is 15.2. The normalized spacial score (nSPS) is 17.6. The van der Waals surface area contributed by atoms with Crippen LogP contribution < -0.4 is 11.3 Å². The number of nitrogens with zero attached hydrogens (tertiary/aromatic N) is 1. The Morgan fingerprint density at radius 1 is 1.25 bits per heavy atom. The third-order valence-corrected chi connectivity index (χ3v) is 3.27. The Morgan fingerprint density at radius 3 is 2.81 bits per heavy atom. The number of hydrogen-bond donors (Lipinski definition) is 2. The van der Waals surface area contributed by atoms with Crippen molar-refractivity contribution in [3.8, 4) is 0 Å². The van der Waals surface area contributed by atoms with Crippen LogP contribution in [-0.2, 0) is 0 Å². The van der Waals surface area contributed by atoms with E-state index in [-0.39, 0.29) is 6.04 Å². The van der Waals surface area contributed by atoms with Gasteiger partial charge in [-0.2, -0.15) is 0 Å². The molecule has 3 heteroatoms. The van der Waals surface area contributed by atoms with E-state index in [1.165, 1.54) is 23.6 Å². The van der Waals surface area contributed by atoms with E-state index in [0.29, 0.717) is 5.92 Å². The molecular weight excluding hydrogens is 198 g/mol. The van der Waals surface area contributed by atoms with Gasteiger partial charge in [-0.3, -0.25) is 16.3 Å². The molecule has 1 unspecified atom stereocenters. The Kier molecular flexibility index (Phi) is 2.35. The minimum Gasteiger partial charge on any atom is -0.271 e. The van der Waals surface area contributed by atoms with Gasteiger partial charge in [-0.25, -0.2) is 0 Å². The maximum absolute atomic E-state index is 5.65. The zero-order valence-electron chi connectivity index (χ0n) is 9.06. The Balaban J connectivity index is 2.14. The highest BCUT2D eigenvalue weighted by molar-refractivity contribution is 5.84. The lowest BCUT2D eigenvalue weighted by atomic mass is 10.0. The van der Waals surface area contributed by atoms with Crippen molar-refractivity contribution >= 4 is 10.8 Å². The number of benzene rings is 1. The summed E-state index contributed by atoms with van der Waals surface area (Å²) in [5.74, 6) is 6.30. The molecule has 3 rings (SSSR count). The lowest BCUT2D eigenvalue weighted by molar-refractivity contribution is 0.489. The smallest absolute Gasteiger partial charge is 0.0667 e. The molecule has 1 fully saturated rings. The van der Waals surface area contributed by atoms with E-state index >= 15 is 0 Å². The predicted molar refractivity (Wildman–Crippen MR) is 64.5 cm³/mol. The lowest BCUT2D eigenvalue weighted by Gasteiger charge is -2.16. The number of hydrazine groups is 1. The fraction of sp³-hybridized carbons (Fsp3) is 0.308. The van der Waals surface area contributed by atoms with Crippen LogP contribution in [0.1, 0.15) is 24.6 Å². The summed E-state index contributed by atoms with van der Waals surface area (Å²) in [4.78, 5) is 4.50.